The summed E-state index contributed by atoms with van der Waals surface area (Å²) in [6.07, 6.45) is 0. The maximum Gasteiger partial charge on any atom is 0.0488 e. The molecular formula is C61H52N2. The van der Waals surface area contributed by atoms with E-state index in [1.54, 1.807) is 0 Å². The van der Waals surface area contributed by atoms with Gasteiger partial charge >= 0.3 is 0 Å². The fraction of sp³-hybridized carbons (Fsp3) is 0.115. The first-order chi connectivity index (χ1) is 30.7. The molecule has 0 amide bonds. The molecule has 2 heteroatoms. The lowest BCUT2D eigenvalue weighted by Gasteiger charge is -2.31. The molecule has 0 spiro atoms. The molecule has 0 atom stereocenters. The second-order valence-electron chi connectivity index (χ2n) is 17.6. The lowest BCUT2D eigenvalue weighted by molar-refractivity contribution is 0.654. The Kier molecular flexibility index (Phi) is 10.2. The topological polar surface area (TPSA) is 6.48 Å². The minimum atomic E-state index is -0.151. The van der Waals surface area contributed by atoms with Gasteiger partial charge in [0.2, 0.25) is 0 Å². The summed E-state index contributed by atoms with van der Waals surface area (Å²) in [5.41, 5.74) is 24.4. The average molecular weight is 813 g/mol. The molecule has 2 nitrogen and oxygen atoms in total. The Morgan fingerprint density at radius 3 is 1.16 bits per heavy atom. The maximum atomic E-state index is 2.44. The van der Waals surface area contributed by atoms with Crippen LogP contribution in [-0.4, -0.2) is 0 Å². The van der Waals surface area contributed by atoms with Gasteiger partial charge in [-0.2, -0.15) is 0 Å². The van der Waals surface area contributed by atoms with Crippen molar-refractivity contribution in [2.24, 2.45) is 0 Å². The number of benzene rings is 9. The van der Waals surface area contributed by atoms with E-state index in [-0.39, 0.29) is 5.41 Å². The van der Waals surface area contributed by atoms with Crippen LogP contribution in [0.1, 0.15) is 47.2 Å². The molecule has 306 valence electrons. The average Bonchev–Trinajstić information content (AvgIpc) is 3.54. The van der Waals surface area contributed by atoms with Gasteiger partial charge in [-0.3, -0.25) is 0 Å². The van der Waals surface area contributed by atoms with E-state index < -0.39 is 0 Å². The lowest BCUT2D eigenvalue weighted by Crippen LogP contribution is -2.17. The number of aryl methyl sites for hydroxylation is 3. The molecule has 0 aromatic heterocycles. The number of para-hydroxylation sites is 2. The van der Waals surface area contributed by atoms with Crippen LogP contribution in [0.15, 0.2) is 206 Å². The number of hydrogen-bond acceptors (Lipinski definition) is 2. The van der Waals surface area contributed by atoms with Crippen molar-refractivity contribution in [3.63, 3.8) is 0 Å². The standard InChI is InChI=1S/C61H52N2/c1-41-35-57-58(37-42(41)2)61(5,6)60-44(4)43(3)36-56(59(57)60)49-38-54(62(50-23-15-9-16-24-50)52-31-27-47(28-32-52)45-19-11-7-12-20-45)40-55(39-49)63(51-25-17-10-18-26-51)53-33-29-48(30-34-53)46-21-13-8-14-22-46/h7-40H,1-6H3. The first-order valence-corrected chi connectivity index (χ1v) is 22.1. The van der Waals surface area contributed by atoms with Crippen molar-refractivity contribution in [2.75, 3.05) is 9.80 Å². The van der Waals surface area contributed by atoms with Gasteiger partial charge in [-0.15, -0.1) is 0 Å². The van der Waals surface area contributed by atoms with E-state index in [4.69, 9.17) is 0 Å². The van der Waals surface area contributed by atoms with Crippen LogP contribution in [0, 0.1) is 27.7 Å². The largest absolute Gasteiger partial charge is 0.310 e. The molecule has 0 unspecified atom stereocenters. The molecule has 9 aromatic rings. The van der Waals surface area contributed by atoms with E-state index in [9.17, 15) is 0 Å². The van der Waals surface area contributed by atoms with Crippen molar-refractivity contribution in [3.05, 3.63) is 240 Å². The molecule has 0 bridgehead atoms. The molecule has 0 heterocycles. The molecule has 9 aromatic carbocycles. The fourth-order valence-electron chi connectivity index (χ4n) is 9.80. The summed E-state index contributed by atoms with van der Waals surface area (Å²) in [4.78, 5) is 4.83. The first-order valence-electron chi connectivity index (χ1n) is 22.1. The minimum absolute atomic E-state index is 0.151. The SMILES string of the molecule is Cc1cc2c(cc1C)C(C)(C)c1c(C)c(C)cc(-c3cc(N(c4ccccc4)c4ccc(-c5ccccc5)cc4)cc(N(c4ccccc4)c4ccc(-c5ccccc5)cc4)c3)c1-2. The quantitative estimate of drug-likeness (QED) is 0.143. The maximum absolute atomic E-state index is 2.44. The number of anilines is 6. The Morgan fingerprint density at radius 2 is 0.698 bits per heavy atom. The zero-order valence-electron chi connectivity index (χ0n) is 37.0. The van der Waals surface area contributed by atoms with Crippen molar-refractivity contribution in [2.45, 2.75) is 47.0 Å². The Morgan fingerprint density at radius 1 is 0.317 bits per heavy atom. The summed E-state index contributed by atoms with van der Waals surface area (Å²) in [7, 11) is 0. The molecule has 0 radical (unpaired) electrons. The Bertz CT molecular complexity index is 2930. The second kappa shape index (κ2) is 16.1. The van der Waals surface area contributed by atoms with Crippen LogP contribution in [0.5, 0.6) is 0 Å². The molecular weight excluding hydrogens is 761 g/mol. The van der Waals surface area contributed by atoms with E-state index in [1.165, 1.54) is 77.9 Å². The van der Waals surface area contributed by atoms with E-state index in [1.807, 2.05) is 0 Å². The van der Waals surface area contributed by atoms with Gasteiger partial charge in [0.15, 0.2) is 0 Å². The van der Waals surface area contributed by atoms with Crippen LogP contribution in [0.25, 0.3) is 44.5 Å². The van der Waals surface area contributed by atoms with Crippen LogP contribution in [0.3, 0.4) is 0 Å². The number of hydrogen-bond donors (Lipinski definition) is 0. The molecule has 0 N–H and O–H groups in total. The minimum Gasteiger partial charge on any atom is -0.310 e. The third-order valence-corrected chi connectivity index (χ3v) is 13.3. The highest BCUT2D eigenvalue weighted by molar-refractivity contribution is 5.97. The molecule has 0 fully saturated rings. The van der Waals surface area contributed by atoms with E-state index in [2.05, 4.69) is 258 Å². The Hall–Kier alpha value is -7.42. The van der Waals surface area contributed by atoms with Gasteiger partial charge in [-0.1, -0.05) is 153 Å². The van der Waals surface area contributed by atoms with Crippen LogP contribution in [0.4, 0.5) is 34.1 Å². The molecule has 0 saturated heterocycles. The summed E-state index contributed by atoms with van der Waals surface area (Å²) in [6, 6.07) is 75.4. The third kappa shape index (κ3) is 7.22. The predicted molar refractivity (Wildman–Crippen MR) is 269 cm³/mol. The Labute approximate surface area is 373 Å². The lowest BCUT2D eigenvalue weighted by atomic mass is 9.78. The van der Waals surface area contributed by atoms with Crippen molar-refractivity contribution < 1.29 is 0 Å². The van der Waals surface area contributed by atoms with E-state index in [0.29, 0.717) is 0 Å². The van der Waals surface area contributed by atoms with Crippen LogP contribution >= 0.6 is 0 Å². The van der Waals surface area contributed by atoms with Gasteiger partial charge in [0.25, 0.3) is 0 Å². The first kappa shape index (κ1) is 39.7. The molecule has 0 saturated carbocycles. The van der Waals surface area contributed by atoms with Crippen LogP contribution < -0.4 is 9.80 Å². The van der Waals surface area contributed by atoms with Gasteiger partial charge in [-0.25, -0.2) is 0 Å². The van der Waals surface area contributed by atoms with Crippen molar-refractivity contribution in [3.8, 4) is 44.5 Å². The highest BCUT2D eigenvalue weighted by Gasteiger charge is 2.39. The van der Waals surface area contributed by atoms with Crippen LogP contribution in [-0.2, 0) is 5.41 Å². The zero-order valence-corrected chi connectivity index (χ0v) is 37.0. The molecule has 0 aliphatic heterocycles. The van der Waals surface area contributed by atoms with Gasteiger partial charge in [0, 0.05) is 39.5 Å². The van der Waals surface area contributed by atoms with Crippen molar-refractivity contribution >= 4 is 34.1 Å². The fourth-order valence-corrected chi connectivity index (χ4v) is 9.80. The number of rotatable bonds is 9. The van der Waals surface area contributed by atoms with E-state index in [0.717, 1.165) is 34.1 Å². The van der Waals surface area contributed by atoms with Gasteiger partial charge in [0.1, 0.15) is 0 Å². The Balaban J connectivity index is 1.25. The van der Waals surface area contributed by atoms with E-state index >= 15 is 0 Å². The number of fused-ring (bicyclic) bond motifs is 3. The highest BCUT2D eigenvalue weighted by Crippen LogP contribution is 2.55. The van der Waals surface area contributed by atoms with Crippen LogP contribution in [0.2, 0.25) is 0 Å². The summed E-state index contributed by atoms with van der Waals surface area (Å²) in [6.45, 7) is 13.9. The second-order valence-corrected chi connectivity index (χ2v) is 17.6. The van der Waals surface area contributed by atoms with Gasteiger partial charge in [-0.05, 0) is 172 Å². The smallest absolute Gasteiger partial charge is 0.0488 e. The van der Waals surface area contributed by atoms with Crippen molar-refractivity contribution in [1.82, 2.24) is 0 Å². The third-order valence-electron chi connectivity index (χ3n) is 13.3. The molecule has 1 aliphatic rings. The molecule has 1 aliphatic carbocycles. The monoisotopic (exact) mass is 812 g/mol. The van der Waals surface area contributed by atoms with Gasteiger partial charge < -0.3 is 9.80 Å². The number of nitrogens with zero attached hydrogens (tertiary/aromatic N) is 2. The normalized spacial score (nSPS) is 12.4. The van der Waals surface area contributed by atoms with Gasteiger partial charge in [0.05, 0.1) is 0 Å². The zero-order chi connectivity index (χ0) is 43.2. The molecule has 10 rings (SSSR count). The predicted octanol–water partition coefficient (Wildman–Crippen LogP) is 17.2. The summed E-state index contributed by atoms with van der Waals surface area (Å²) >= 11 is 0. The van der Waals surface area contributed by atoms with Crippen molar-refractivity contribution in [1.29, 1.82) is 0 Å². The highest BCUT2D eigenvalue weighted by atomic mass is 15.2. The molecule has 63 heavy (non-hydrogen) atoms. The summed E-state index contributed by atoms with van der Waals surface area (Å²) in [5, 5.41) is 0. The summed E-state index contributed by atoms with van der Waals surface area (Å²) < 4.78 is 0. The summed E-state index contributed by atoms with van der Waals surface area (Å²) in [5.74, 6) is 0.